The maximum atomic E-state index is 12.2. The Morgan fingerprint density at radius 2 is 1.84 bits per heavy atom. The topological polar surface area (TPSA) is 57.6 Å². The monoisotopic (exact) mass is 287 g/mol. The van der Waals surface area contributed by atoms with Gasteiger partial charge in [-0.2, -0.15) is 11.8 Å². The molecule has 110 valence electrons. The van der Waals surface area contributed by atoms with E-state index in [1.165, 1.54) is 0 Å². The fraction of sp³-hybridized carbons (Fsp3) is 0.857. The Morgan fingerprint density at radius 3 is 2.37 bits per heavy atom. The molecule has 1 aliphatic carbocycles. The largest absolute Gasteiger partial charge is 0.481 e. The average molecular weight is 287 g/mol. The van der Waals surface area contributed by atoms with Gasteiger partial charge < -0.3 is 10.0 Å². The number of aliphatic carboxylic acids is 1. The molecule has 0 bridgehead atoms. The summed E-state index contributed by atoms with van der Waals surface area (Å²) in [4.78, 5) is 25.0. The van der Waals surface area contributed by atoms with Gasteiger partial charge in [0.25, 0.3) is 0 Å². The zero-order valence-corrected chi connectivity index (χ0v) is 12.8. The minimum atomic E-state index is -0.776. The maximum absolute atomic E-state index is 12.2. The van der Waals surface area contributed by atoms with Gasteiger partial charge in [0.1, 0.15) is 0 Å². The average Bonchev–Trinajstić information content (AvgIpc) is 2.35. The maximum Gasteiger partial charge on any atom is 0.303 e. The Morgan fingerprint density at radius 1 is 1.21 bits per heavy atom. The standard InChI is InChI=1S/C14H25NO3S/c1-15(8-9-19-2)12(16)10-14(11-13(17)18)6-4-3-5-7-14/h3-11H2,1-2H3,(H,17,18). The first kappa shape index (κ1) is 16.3. The molecule has 4 nitrogen and oxygen atoms in total. The highest BCUT2D eigenvalue weighted by atomic mass is 32.2. The molecule has 0 saturated heterocycles. The van der Waals surface area contributed by atoms with Crippen molar-refractivity contribution in [1.29, 1.82) is 0 Å². The summed E-state index contributed by atoms with van der Waals surface area (Å²) >= 11 is 1.72. The van der Waals surface area contributed by atoms with Crippen LogP contribution in [0.1, 0.15) is 44.9 Å². The minimum absolute atomic E-state index is 0.0946. The molecule has 0 atom stereocenters. The molecular weight excluding hydrogens is 262 g/mol. The van der Waals surface area contributed by atoms with Gasteiger partial charge in [-0.15, -0.1) is 0 Å². The molecule has 1 saturated carbocycles. The third-order valence-electron chi connectivity index (χ3n) is 4.02. The van der Waals surface area contributed by atoms with Crippen LogP contribution in [0.25, 0.3) is 0 Å². The van der Waals surface area contributed by atoms with Crippen molar-refractivity contribution < 1.29 is 14.7 Å². The second-order valence-corrected chi connectivity index (χ2v) is 6.60. The number of hydrogen-bond donors (Lipinski definition) is 1. The number of nitrogens with zero attached hydrogens (tertiary/aromatic N) is 1. The predicted octanol–water partition coefficient (Wildman–Crippen LogP) is 2.62. The number of carboxylic acid groups (broad SMARTS) is 1. The van der Waals surface area contributed by atoms with Gasteiger partial charge in [0, 0.05) is 25.8 Å². The Bertz CT molecular complexity index is 314. The Labute approximate surface area is 119 Å². The van der Waals surface area contributed by atoms with Crippen LogP contribution in [-0.4, -0.2) is 47.5 Å². The number of hydrogen-bond acceptors (Lipinski definition) is 3. The van der Waals surface area contributed by atoms with E-state index in [2.05, 4.69) is 0 Å². The Hall–Kier alpha value is -0.710. The van der Waals surface area contributed by atoms with Crippen molar-refractivity contribution in [2.75, 3.05) is 25.6 Å². The van der Waals surface area contributed by atoms with Gasteiger partial charge >= 0.3 is 5.97 Å². The van der Waals surface area contributed by atoms with Gasteiger partial charge in [0.2, 0.25) is 5.91 Å². The highest BCUT2D eigenvalue weighted by Crippen LogP contribution is 2.42. The van der Waals surface area contributed by atoms with E-state index in [9.17, 15) is 9.59 Å². The van der Waals surface area contributed by atoms with Crippen LogP contribution in [0.3, 0.4) is 0 Å². The quantitative estimate of drug-likeness (QED) is 0.782. The van der Waals surface area contributed by atoms with Crippen LogP contribution in [0.15, 0.2) is 0 Å². The van der Waals surface area contributed by atoms with Crippen molar-refractivity contribution in [3.8, 4) is 0 Å². The molecular formula is C14H25NO3S. The van der Waals surface area contributed by atoms with Crippen molar-refractivity contribution in [3.05, 3.63) is 0 Å². The highest BCUT2D eigenvalue weighted by Gasteiger charge is 2.37. The van der Waals surface area contributed by atoms with E-state index in [4.69, 9.17) is 5.11 Å². The normalized spacial score (nSPS) is 18.0. The van der Waals surface area contributed by atoms with Gasteiger partial charge in [0.15, 0.2) is 0 Å². The molecule has 0 aromatic carbocycles. The summed E-state index contributed by atoms with van der Waals surface area (Å²) in [5.74, 6) is 0.243. The molecule has 1 amide bonds. The summed E-state index contributed by atoms with van der Waals surface area (Å²) in [5.41, 5.74) is -0.297. The summed E-state index contributed by atoms with van der Waals surface area (Å²) in [7, 11) is 1.82. The van der Waals surface area contributed by atoms with Crippen LogP contribution in [0.5, 0.6) is 0 Å². The van der Waals surface area contributed by atoms with Crippen LogP contribution in [0, 0.1) is 5.41 Å². The van der Waals surface area contributed by atoms with Crippen molar-refractivity contribution >= 4 is 23.6 Å². The third-order valence-corrected chi connectivity index (χ3v) is 4.61. The van der Waals surface area contributed by atoms with E-state index in [-0.39, 0.29) is 17.7 Å². The number of rotatable bonds is 7. The lowest BCUT2D eigenvalue weighted by atomic mass is 9.69. The van der Waals surface area contributed by atoms with Crippen molar-refractivity contribution in [2.24, 2.45) is 5.41 Å². The third kappa shape index (κ3) is 5.43. The zero-order chi connectivity index (χ0) is 14.3. The number of amides is 1. The van der Waals surface area contributed by atoms with Crippen LogP contribution < -0.4 is 0 Å². The summed E-state index contributed by atoms with van der Waals surface area (Å²) in [6.07, 6.45) is 7.57. The molecule has 0 unspecified atom stereocenters. The van der Waals surface area contributed by atoms with Crippen molar-refractivity contribution in [1.82, 2.24) is 4.90 Å². The van der Waals surface area contributed by atoms with E-state index in [1.54, 1.807) is 16.7 Å². The molecule has 0 spiro atoms. The molecule has 5 heteroatoms. The zero-order valence-electron chi connectivity index (χ0n) is 12.0. The molecule has 1 N–H and O–H groups in total. The van der Waals surface area contributed by atoms with E-state index >= 15 is 0 Å². The smallest absolute Gasteiger partial charge is 0.303 e. The lowest BCUT2D eigenvalue weighted by molar-refractivity contribution is -0.142. The second kappa shape index (κ2) is 7.78. The first-order valence-corrected chi connectivity index (χ1v) is 8.33. The predicted molar refractivity (Wildman–Crippen MR) is 78.4 cm³/mol. The fourth-order valence-corrected chi connectivity index (χ4v) is 3.30. The number of carbonyl (C=O) groups excluding carboxylic acids is 1. The SMILES string of the molecule is CSCCN(C)C(=O)CC1(CC(=O)O)CCCCC1. The first-order chi connectivity index (χ1) is 8.99. The molecule has 0 aromatic rings. The highest BCUT2D eigenvalue weighted by molar-refractivity contribution is 7.98. The van der Waals surface area contributed by atoms with E-state index in [0.29, 0.717) is 6.42 Å². The van der Waals surface area contributed by atoms with Gasteiger partial charge in [-0.1, -0.05) is 19.3 Å². The molecule has 0 heterocycles. The molecule has 1 aliphatic rings. The lowest BCUT2D eigenvalue weighted by Gasteiger charge is -2.36. The van der Waals surface area contributed by atoms with E-state index < -0.39 is 5.97 Å². The first-order valence-electron chi connectivity index (χ1n) is 6.94. The van der Waals surface area contributed by atoms with Crippen LogP contribution in [0.2, 0.25) is 0 Å². The summed E-state index contributed by atoms with van der Waals surface area (Å²) < 4.78 is 0. The van der Waals surface area contributed by atoms with Crippen LogP contribution in [-0.2, 0) is 9.59 Å². The van der Waals surface area contributed by atoms with Gasteiger partial charge in [-0.25, -0.2) is 0 Å². The van der Waals surface area contributed by atoms with Crippen molar-refractivity contribution in [2.45, 2.75) is 44.9 Å². The molecule has 1 rings (SSSR count). The summed E-state index contributed by atoms with van der Waals surface area (Å²) in [5, 5.41) is 9.10. The van der Waals surface area contributed by atoms with Gasteiger partial charge in [-0.05, 0) is 24.5 Å². The molecule has 0 aliphatic heterocycles. The molecule has 0 radical (unpaired) electrons. The van der Waals surface area contributed by atoms with Gasteiger partial charge in [-0.3, -0.25) is 9.59 Å². The van der Waals surface area contributed by atoms with Gasteiger partial charge in [0.05, 0.1) is 6.42 Å². The van der Waals surface area contributed by atoms with Crippen molar-refractivity contribution in [3.63, 3.8) is 0 Å². The fourth-order valence-electron chi connectivity index (χ4n) is 2.85. The van der Waals surface area contributed by atoms with Crippen LogP contribution in [0.4, 0.5) is 0 Å². The van der Waals surface area contributed by atoms with Crippen LogP contribution >= 0.6 is 11.8 Å². The molecule has 19 heavy (non-hydrogen) atoms. The minimum Gasteiger partial charge on any atom is -0.481 e. The second-order valence-electron chi connectivity index (χ2n) is 5.62. The number of carbonyl (C=O) groups is 2. The summed E-state index contributed by atoms with van der Waals surface area (Å²) in [6, 6.07) is 0. The molecule has 0 aromatic heterocycles. The summed E-state index contributed by atoms with van der Waals surface area (Å²) in [6.45, 7) is 0.739. The number of carboxylic acids is 1. The lowest BCUT2D eigenvalue weighted by Crippen LogP contribution is -2.37. The Kier molecular flexibility index (Phi) is 6.69. The molecule has 1 fully saturated rings. The van der Waals surface area contributed by atoms with E-state index in [0.717, 1.165) is 44.4 Å². The Balaban J connectivity index is 2.61. The van der Waals surface area contributed by atoms with E-state index in [1.807, 2.05) is 13.3 Å². The number of thioether (sulfide) groups is 1.